The summed E-state index contributed by atoms with van der Waals surface area (Å²) >= 11 is 5.80. The van der Waals surface area contributed by atoms with Gasteiger partial charge in [0.15, 0.2) is 5.76 Å². The molecule has 18 heavy (non-hydrogen) atoms. The Balaban J connectivity index is 2.13. The van der Waals surface area contributed by atoms with Gasteiger partial charge in [0.1, 0.15) is 10.9 Å². The second-order valence-corrected chi connectivity index (χ2v) is 4.11. The fraction of sp³-hybridized carbons (Fsp3) is 0.167. The Morgan fingerprint density at radius 1 is 1.56 bits per heavy atom. The smallest absolute Gasteiger partial charge is 0.291 e. The summed E-state index contributed by atoms with van der Waals surface area (Å²) in [7, 11) is 0. The number of nitrogens with two attached hydrogens (primary N) is 1. The lowest BCUT2D eigenvalue weighted by molar-refractivity contribution is 0.0995. The number of nitrogens with one attached hydrogen (secondary N) is 1. The van der Waals surface area contributed by atoms with Gasteiger partial charge in [0, 0.05) is 0 Å². The summed E-state index contributed by atoms with van der Waals surface area (Å²) in [6.45, 7) is 2.07. The monoisotopic (exact) mass is 265 g/mol. The predicted octanol–water partition coefficient (Wildman–Crippen LogP) is 2.35. The van der Waals surface area contributed by atoms with Crippen LogP contribution in [0.2, 0.25) is 5.15 Å². The summed E-state index contributed by atoms with van der Waals surface area (Å²) in [5.74, 6) is 0.423. The molecule has 2 rings (SSSR count). The summed E-state index contributed by atoms with van der Waals surface area (Å²) in [5.41, 5.74) is 6.75. The van der Waals surface area contributed by atoms with Crippen molar-refractivity contribution >= 4 is 23.2 Å². The van der Waals surface area contributed by atoms with Gasteiger partial charge < -0.3 is 15.5 Å². The van der Waals surface area contributed by atoms with Crippen molar-refractivity contribution in [3.8, 4) is 0 Å². The molecule has 0 aliphatic carbocycles. The molecule has 0 bridgehead atoms. The molecule has 0 aliphatic heterocycles. The Morgan fingerprint density at radius 2 is 2.33 bits per heavy atom. The number of amides is 1. The minimum Gasteiger partial charge on any atom is -0.455 e. The van der Waals surface area contributed by atoms with Gasteiger partial charge in [-0.15, -0.1) is 0 Å². The Labute approximate surface area is 109 Å². The van der Waals surface area contributed by atoms with Crippen molar-refractivity contribution in [2.24, 2.45) is 5.73 Å². The van der Waals surface area contributed by atoms with Crippen LogP contribution in [0, 0.1) is 6.92 Å². The molecular formula is C12H12ClN3O2. The van der Waals surface area contributed by atoms with Crippen LogP contribution < -0.4 is 11.1 Å². The highest BCUT2D eigenvalue weighted by atomic mass is 35.5. The number of furan rings is 1. The third-order valence-electron chi connectivity index (χ3n) is 2.36. The maximum absolute atomic E-state index is 11.8. The summed E-state index contributed by atoms with van der Waals surface area (Å²) in [6.07, 6.45) is 1.49. The average molecular weight is 266 g/mol. The molecule has 0 fully saturated rings. The number of carbonyl (C=O) groups excluding carboxylic acids is 1. The van der Waals surface area contributed by atoms with E-state index in [1.165, 1.54) is 6.20 Å². The summed E-state index contributed by atoms with van der Waals surface area (Å²) in [6, 6.07) is 4.98. The highest BCUT2D eigenvalue weighted by Crippen LogP contribution is 2.17. The average Bonchev–Trinajstić information content (AvgIpc) is 2.82. The molecule has 0 aliphatic rings. The van der Waals surface area contributed by atoms with Crippen LogP contribution >= 0.6 is 11.6 Å². The Kier molecular flexibility index (Phi) is 3.64. The number of rotatable bonds is 3. The van der Waals surface area contributed by atoms with E-state index < -0.39 is 0 Å². The predicted molar refractivity (Wildman–Crippen MR) is 68.5 cm³/mol. The van der Waals surface area contributed by atoms with Gasteiger partial charge in [-0.25, -0.2) is 4.98 Å². The van der Waals surface area contributed by atoms with Crippen LogP contribution in [0.4, 0.5) is 5.69 Å². The molecule has 0 spiro atoms. The first kappa shape index (κ1) is 12.6. The van der Waals surface area contributed by atoms with E-state index in [0.29, 0.717) is 16.6 Å². The largest absolute Gasteiger partial charge is 0.455 e. The van der Waals surface area contributed by atoms with E-state index in [1.807, 2.05) is 6.92 Å². The van der Waals surface area contributed by atoms with Crippen LogP contribution in [-0.4, -0.2) is 10.9 Å². The molecule has 5 nitrogen and oxygen atoms in total. The van der Waals surface area contributed by atoms with E-state index in [1.54, 1.807) is 18.2 Å². The van der Waals surface area contributed by atoms with Crippen molar-refractivity contribution in [1.82, 2.24) is 4.98 Å². The van der Waals surface area contributed by atoms with E-state index in [2.05, 4.69) is 10.3 Å². The van der Waals surface area contributed by atoms with E-state index in [9.17, 15) is 4.79 Å². The van der Waals surface area contributed by atoms with Crippen molar-refractivity contribution in [1.29, 1.82) is 0 Å². The van der Waals surface area contributed by atoms with Crippen LogP contribution in [0.15, 0.2) is 28.8 Å². The highest BCUT2D eigenvalue weighted by molar-refractivity contribution is 6.30. The van der Waals surface area contributed by atoms with Gasteiger partial charge in [0.2, 0.25) is 0 Å². The topological polar surface area (TPSA) is 81.2 Å². The van der Waals surface area contributed by atoms with Crippen molar-refractivity contribution in [2.45, 2.75) is 13.5 Å². The molecule has 0 saturated carbocycles. The molecule has 2 heterocycles. The van der Waals surface area contributed by atoms with Crippen LogP contribution in [0.3, 0.4) is 0 Å². The lowest BCUT2D eigenvalue weighted by Gasteiger charge is -2.04. The summed E-state index contributed by atoms with van der Waals surface area (Å²) in [4.78, 5) is 15.8. The van der Waals surface area contributed by atoms with Gasteiger partial charge in [-0.1, -0.05) is 11.6 Å². The maximum atomic E-state index is 11.8. The third kappa shape index (κ3) is 2.69. The van der Waals surface area contributed by atoms with Crippen molar-refractivity contribution in [2.75, 3.05) is 5.32 Å². The first-order chi connectivity index (χ1) is 8.60. The molecule has 3 N–H and O–H groups in total. The van der Waals surface area contributed by atoms with Crippen LogP contribution in [-0.2, 0) is 6.54 Å². The van der Waals surface area contributed by atoms with Crippen molar-refractivity contribution in [3.05, 3.63) is 46.6 Å². The Hall–Kier alpha value is -1.85. The molecule has 2 aromatic rings. The molecule has 0 atom stereocenters. The molecule has 0 radical (unpaired) electrons. The van der Waals surface area contributed by atoms with Gasteiger partial charge in [-0.05, 0) is 30.7 Å². The number of carbonyl (C=O) groups is 1. The normalized spacial score (nSPS) is 10.4. The van der Waals surface area contributed by atoms with E-state index in [4.69, 9.17) is 21.8 Å². The van der Waals surface area contributed by atoms with Crippen molar-refractivity contribution < 1.29 is 9.21 Å². The number of pyridine rings is 1. The standard InChI is InChI=1S/C12H12ClN3O2/c1-7-4-8(6-15-11(7)13)16-12(17)10-3-2-9(5-14)18-10/h2-4,6H,5,14H2,1H3,(H,16,17). The first-order valence-electron chi connectivity index (χ1n) is 5.32. The van der Waals surface area contributed by atoms with E-state index >= 15 is 0 Å². The minimum atomic E-state index is -0.349. The molecule has 0 unspecified atom stereocenters. The molecule has 0 aromatic carbocycles. The van der Waals surface area contributed by atoms with Gasteiger partial charge in [-0.2, -0.15) is 0 Å². The zero-order valence-electron chi connectivity index (χ0n) is 9.74. The number of aromatic nitrogens is 1. The SMILES string of the molecule is Cc1cc(NC(=O)c2ccc(CN)o2)cnc1Cl. The second kappa shape index (κ2) is 5.20. The fourth-order valence-electron chi connectivity index (χ4n) is 1.43. The highest BCUT2D eigenvalue weighted by Gasteiger charge is 2.11. The third-order valence-corrected chi connectivity index (χ3v) is 2.75. The quantitative estimate of drug-likeness (QED) is 0.835. The molecule has 0 saturated heterocycles. The number of anilines is 1. The lowest BCUT2D eigenvalue weighted by Crippen LogP contribution is -2.11. The number of hydrogen-bond acceptors (Lipinski definition) is 4. The zero-order valence-corrected chi connectivity index (χ0v) is 10.5. The summed E-state index contributed by atoms with van der Waals surface area (Å²) < 4.78 is 5.24. The summed E-state index contributed by atoms with van der Waals surface area (Å²) in [5, 5.41) is 3.08. The van der Waals surface area contributed by atoms with E-state index in [-0.39, 0.29) is 18.2 Å². The molecule has 2 aromatic heterocycles. The lowest BCUT2D eigenvalue weighted by atomic mass is 10.3. The second-order valence-electron chi connectivity index (χ2n) is 3.76. The van der Waals surface area contributed by atoms with Gasteiger partial charge in [0.05, 0.1) is 18.4 Å². The fourth-order valence-corrected chi connectivity index (χ4v) is 1.53. The number of hydrogen-bond donors (Lipinski definition) is 2. The molecular weight excluding hydrogens is 254 g/mol. The zero-order chi connectivity index (χ0) is 13.1. The molecule has 94 valence electrons. The first-order valence-corrected chi connectivity index (χ1v) is 5.70. The van der Waals surface area contributed by atoms with Crippen molar-refractivity contribution in [3.63, 3.8) is 0 Å². The van der Waals surface area contributed by atoms with Crippen LogP contribution in [0.25, 0.3) is 0 Å². The van der Waals surface area contributed by atoms with E-state index in [0.717, 1.165) is 5.56 Å². The van der Waals surface area contributed by atoms with Gasteiger partial charge in [0.25, 0.3) is 5.91 Å². The molecule has 6 heteroatoms. The minimum absolute atomic E-state index is 0.211. The molecule has 1 amide bonds. The van der Waals surface area contributed by atoms with Crippen LogP contribution in [0.1, 0.15) is 21.9 Å². The Morgan fingerprint density at radius 3 is 2.94 bits per heavy atom. The number of nitrogens with zero attached hydrogens (tertiary/aromatic N) is 1. The maximum Gasteiger partial charge on any atom is 0.291 e. The Bertz CT molecular complexity index is 580. The van der Waals surface area contributed by atoms with Gasteiger partial charge >= 0.3 is 0 Å². The number of aryl methyl sites for hydroxylation is 1. The number of halogens is 1. The van der Waals surface area contributed by atoms with Crippen LogP contribution in [0.5, 0.6) is 0 Å². The van der Waals surface area contributed by atoms with Gasteiger partial charge in [-0.3, -0.25) is 4.79 Å².